The maximum atomic E-state index is 11.3. The molecule has 0 spiro atoms. The number of imidazole rings is 1. The first-order chi connectivity index (χ1) is 12.2. The van der Waals surface area contributed by atoms with E-state index in [1.165, 1.54) is 16.9 Å². The van der Waals surface area contributed by atoms with Crippen LogP contribution in [-0.2, 0) is 6.42 Å². The van der Waals surface area contributed by atoms with Crippen molar-refractivity contribution in [2.45, 2.75) is 13.3 Å². The number of carbonyl (C=O) groups is 1. The van der Waals surface area contributed by atoms with Gasteiger partial charge >= 0.3 is 5.97 Å². The van der Waals surface area contributed by atoms with Crippen LogP contribution in [0.15, 0.2) is 60.8 Å². The third-order valence-electron chi connectivity index (χ3n) is 4.24. The highest BCUT2D eigenvalue weighted by Gasteiger charge is 2.18. The number of hydrogen-bond donors (Lipinski definition) is 1. The largest absolute Gasteiger partial charge is 0.477 e. The molecule has 4 rings (SSSR count). The minimum absolute atomic E-state index is 0.371. The number of carboxylic acids is 1. The zero-order valence-electron chi connectivity index (χ0n) is 13.6. The summed E-state index contributed by atoms with van der Waals surface area (Å²) in [6.45, 7) is 1.96. The fraction of sp³-hybridized carbons (Fsp3) is 0.100. The van der Waals surface area contributed by atoms with Gasteiger partial charge in [-0.15, -0.1) is 0 Å². The number of carboxylic acid groups (broad SMARTS) is 1. The van der Waals surface area contributed by atoms with Crippen LogP contribution in [0.5, 0.6) is 0 Å². The Labute approximate surface area is 149 Å². The number of aryl methyl sites for hydroxylation is 1. The number of benzene rings is 2. The predicted octanol–water partition coefficient (Wildman–Crippen LogP) is 4.99. The summed E-state index contributed by atoms with van der Waals surface area (Å²) in [5.41, 5.74) is 5.02. The molecule has 5 heteroatoms. The third kappa shape index (κ3) is 2.72. The summed E-state index contributed by atoms with van der Waals surface area (Å²) in [5.74, 6) is -0.888. The molecule has 4 nitrogen and oxygen atoms in total. The van der Waals surface area contributed by atoms with Crippen LogP contribution in [0.25, 0.3) is 27.3 Å². The van der Waals surface area contributed by atoms with Crippen molar-refractivity contribution in [3.05, 3.63) is 71.4 Å². The maximum Gasteiger partial charge on any atom is 0.347 e. The van der Waals surface area contributed by atoms with Crippen LogP contribution in [0.1, 0.15) is 22.3 Å². The minimum atomic E-state index is -0.888. The summed E-state index contributed by atoms with van der Waals surface area (Å²) in [4.78, 5) is 17.1. The topological polar surface area (TPSA) is 54.6 Å². The molecule has 0 radical (unpaired) electrons. The molecule has 0 unspecified atom stereocenters. The summed E-state index contributed by atoms with van der Waals surface area (Å²) in [6.07, 6.45) is 2.58. The smallest absolute Gasteiger partial charge is 0.347 e. The molecular weight excluding hydrogens is 332 g/mol. The molecule has 0 aliphatic rings. The van der Waals surface area contributed by atoms with E-state index in [-0.39, 0.29) is 0 Å². The monoisotopic (exact) mass is 348 g/mol. The number of rotatable bonds is 4. The lowest BCUT2D eigenvalue weighted by molar-refractivity contribution is 0.0700. The van der Waals surface area contributed by atoms with E-state index in [9.17, 15) is 9.90 Å². The summed E-state index contributed by atoms with van der Waals surface area (Å²) in [6, 6.07) is 18.5. The van der Waals surface area contributed by atoms with E-state index in [0.29, 0.717) is 11.3 Å². The molecule has 124 valence electrons. The number of hydrogen-bond acceptors (Lipinski definition) is 3. The van der Waals surface area contributed by atoms with Crippen molar-refractivity contribution >= 4 is 22.3 Å². The van der Waals surface area contributed by atoms with Gasteiger partial charge < -0.3 is 5.11 Å². The highest BCUT2D eigenvalue weighted by molar-refractivity contribution is 7.19. The molecule has 25 heavy (non-hydrogen) atoms. The Kier molecular flexibility index (Phi) is 3.86. The fourth-order valence-electron chi connectivity index (χ4n) is 2.99. The van der Waals surface area contributed by atoms with Gasteiger partial charge in [-0.1, -0.05) is 72.9 Å². The van der Waals surface area contributed by atoms with Crippen LogP contribution in [0.4, 0.5) is 0 Å². The number of fused-ring (bicyclic) bond motifs is 1. The van der Waals surface area contributed by atoms with Gasteiger partial charge in [0.2, 0.25) is 0 Å². The van der Waals surface area contributed by atoms with Gasteiger partial charge in [0.15, 0.2) is 4.96 Å². The van der Waals surface area contributed by atoms with E-state index >= 15 is 0 Å². The highest BCUT2D eigenvalue weighted by atomic mass is 32.1. The lowest BCUT2D eigenvalue weighted by atomic mass is 10.0. The van der Waals surface area contributed by atoms with E-state index in [0.717, 1.165) is 27.5 Å². The second kappa shape index (κ2) is 6.18. The fourth-order valence-corrected chi connectivity index (χ4v) is 4.02. The normalized spacial score (nSPS) is 11.1. The maximum absolute atomic E-state index is 11.3. The van der Waals surface area contributed by atoms with Crippen molar-refractivity contribution in [1.82, 2.24) is 9.38 Å². The average Bonchev–Trinajstić information content (AvgIpc) is 3.20. The molecular formula is C20H16N2O2S. The van der Waals surface area contributed by atoms with Gasteiger partial charge in [0.05, 0.1) is 5.69 Å². The quantitative estimate of drug-likeness (QED) is 0.565. The van der Waals surface area contributed by atoms with Crippen LogP contribution in [0.3, 0.4) is 0 Å². The first-order valence-corrected chi connectivity index (χ1v) is 8.89. The van der Waals surface area contributed by atoms with E-state index in [1.807, 2.05) is 35.7 Å². The van der Waals surface area contributed by atoms with Crippen LogP contribution < -0.4 is 0 Å². The number of nitrogens with zero attached hydrogens (tertiary/aromatic N) is 2. The van der Waals surface area contributed by atoms with Crippen molar-refractivity contribution in [2.24, 2.45) is 0 Å². The second-order valence-electron chi connectivity index (χ2n) is 5.76. The Morgan fingerprint density at radius 3 is 2.32 bits per heavy atom. The minimum Gasteiger partial charge on any atom is -0.477 e. The molecule has 4 aromatic rings. The predicted molar refractivity (Wildman–Crippen MR) is 100 cm³/mol. The molecule has 2 heterocycles. The van der Waals surface area contributed by atoms with E-state index in [2.05, 4.69) is 41.4 Å². The molecule has 0 atom stereocenters. The van der Waals surface area contributed by atoms with E-state index in [1.54, 1.807) is 0 Å². The highest BCUT2D eigenvalue weighted by Crippen LogP contribution is 2.29. The molecule has 0 aliphatic heterocycles. The van der Waals surface area contributed by atoms with Crippen molar-refractivity contribution in [2.75, 3.05) is 0 Å². The van der Waals surface area contributed by atoms with Crippen LogP contribution in [0.2, 0.25) is 0 Å². The molecule has 0 amide bonds. The molecule has 0 fully saturated rings. The molecule has 0 saturated heterocycles. The first-order valence-electron chi connectivity index (χ1n) is 8.07. The lowest BCUT2D eigenvalue weighted by Crippen LogP contribution is -1.99. The summed E-state index contributed by atoms with van der Waals surface area (Å²) >= 11 is 1.22. The third-order valence-corrected chi connectivity index (χ3v) is 5.32. The molecule has 2 aromatic heterocycles. The van der Waals surface area contributed by atoms with Gasteiger partial charge in [-0.3, -0.25) is 4.40 Å². The molecule has 1 N–H and O–H groups in total. The van der Waals surface area contributed by atoms with Crippen molar-refractivity contribution in [3.63, 3.8) is 0 Å². The van der Waals surface area contributed by atoms with Gasteiger partial charge in [-0.05, 0) is 17.5 Å². The zero-order valence-corrected chi connectivity index (χ0v) is 14.5. The van der Waals surface area contributed by atoms with Gasteiger partial charge in [-0.25, -0.2) is 9.78 Å². The Morgan fingerprint density at radius 1 is 1.04 bits per heavy atom. The Morgan fingerprint density at radius 2 is 1.68 bits per heavy atom. The average molecular weight is 348 g/mol. The lowest BCUT2D eigenvalue weighted by Gasteiger charge is -2.03. The molecule has 0 saturated carbocycles. The summed E-state index contributed by atoms with van der Waals surface area (Å²) < 4.78 is 1.90. The van der Waals surface area contributed by atoms with Gasteiger partial charge in [0.1, 0.15) is 4.88 Å². The zero-order chi connectivity index (χ0) is 17.4. The van der Waals surface area contributed by atoms with Gasteiger partial charge in [0.25, 0.3) is 0 Å². The Balaban J connectivity index is 1.72. The Hall–Kier alpha value is -2.92. The van der Waals surface area contributed by atoms with Crippen LogP contribution >= 0.6 is 11.3 Å². The number of aromatic carboxylic acids is 1. The Bertz CT molecular complexity index is 1050. The standard InChI is InChI=1S/C20H16N2O2S/c1-2-17-18(19(23)24)25-20-21-16(12-22(17)20)15-10-8-14(9-11-15)13-6-4-3-5-7-13/h3-12H,2H2,1H3,(H,23,24). The second-order valence-corrected chi connectivity index (χ2v) is 6.74. The molecule has 0 bridgehead atoms. The number of aromatic nitrogens is 2. The summed E-state index contributed by atoms with van der Waals surface area (Å²) in [5, 5.41) is 9.31. The molecule has 2 aromatic carbocycles. The van der Waals surface area contributed by atoms with Gasteiger partial charge in [0, 0.05) is 17.5 Å². The van der Waals surface area contributed by atoms with Crippen molar-refractivity contribution in [1.29, 1.82) is 0 Å². The van der Waals surface area contributed by atoms with Gasteiger partial charge in [-0.2, -0.15) is 0 Å². The van der Waals surface area contributed by atoms with Crippen LogP contribution in [0, 0.1) is 0 Å². The van der Waals surface area contributed by atoms with Crippen molar-refractivity contribution in [3.8, 4) is 22.4 Å². The van der Waals surface area contributed by atoms with Crippen LogP contribution in [-0.4, -0.2) is 20.5 Å². The summed E-state index contributed by atoms with van der Waals surface area (Å²) in [7, 11) is 0. The molecule has 0 aliphatic carbocycles. The number of thiazole rings is 1. The SMILES string of the molecule is CCc1c(C(=O)O)sc2nc(-c3ccc(-c4ccccc4)cc3)cn12. The van der Waals surface area contributed by atoms with E-state index in [4.69, 9.17) is 0 Å². The van der Waals surface area contributed by atoms with E-state index < -0.39 is 5.97 Å². The first kappa shape index (κ1) is 15.6. The van der Waals surface area contributed by atoms with Crippen molar-refractivity contribution < 1.29 is 9.90 Å².